The summed E-state index contributed by atoms with van der Waals surface area (Å²) >= 11 is 0. The van der Waals surface area contributed by atoms with Crippen LogP contribution in [0.2, 0.25) is 0 Å². The summed E-state index contributed by atoms with van der Waals surface area (Å²) in [5.74, 6) is 0.215. The van der Waals surface area contributed by atoms with E-state index in [1.165, 1.54) is 68.5 Å². The van der Waals surface area contributed by atoms with E-state index in [4.69, 9.17) is 0 Å². The Bertz CT molecular complexity index is 887. The molecule has 1 aliphatic heterocycles. The molecule has 1 N–H and O–H groups in total. The second kappa shape index (κ2) is 20.9. The number of aryl methyl sites for hydroxylation is 2. The van der Waals surface area contributed by atoms with Crippen LogP contribution < -0.4 is 5.32 Å². The van der Waals surface area contributed by atoms with E-state index < -0.39 is 11.7 Å². The van der Waals surface area contributed by atoms with Gasteiger partial charge < -0.3 is 10.2 Å². The minimum absolute atomic E-state index is 0.215. The zero-order chi connectivity index (χ0) is 29.8. The highest BCUT2D eigenvalue weighted by atomic mass is 19.4. The molecule has 6 heteroatoms. The standard InChI is InChI=1S/C14H23NO.C11H13F3.C8H19N/c1-4-5-6-7-14(12(3)16)13-8-9-15-10-11(13)2;1-3-4-9-5-8(2)6-10(7-9)11(12,13)14;1-4-6-8-9(3)7-5-2/h7,15H,4-6,8-10H2,1-3H3;5-7H,3-4H2,1-2H3;4-8H2,1-3H3/b14-7-;;. The van der Waals surface area contributed by atoms with E-state index in [1.807, 2.05) is 6.92 Å². The van der Waals surface area contributed by atoms with Gasteiger partial charge in [-0.3, -0.25) is 4.79 Å². The topological polar surface area (TPSA) is 32.3 Å². The molecule has 1 aromatic rings. The molecule has 0 bridgehead atoms. The van der Waals surface area contributed by atoms with Gasteiger partial charge in [0.1, 0.15) is 0 Å². The Hall–Kier alpha value is -1.92. The third-order valence-electron chi connectivity index (χ3n) is 6.57. The van der Waals surface area contributed by atoms with Crippen LogP contribution in [0.4, 0.5) is 13.2 Å². The van der Waals surface area contributed by atoms with E-state index >= 15 is 0 Å². The lowest BCUT2D eigenvalue weighted by molar-refractivity contribution is -0.137. The number of benzene rings is 1. The molecule has 0 amide bonds. The quantitative estimate of drug-likeness (QED) is 0.207. The molecule has 224 valence electrons. The fourth-order valence-corrected chi connectivity index (χ4v) is 4.48. The van der Waals surface area contributed by atoms with E-state index in [0.717, 1.165) is 43.5 Å². The van der Waals surface area contributed by atoms with Gasteiger partial charge in [-0.25, -0.2) is 0 Å². The number of carbonyl (C=O) groups is 1. The number of halogens is 3. The van der Waals surface area contributed by atoms with Crippen LogP contribution in [0, 0.1) is 6.92 Å². The summed E-state index contributed by atoms with van der Waals surface area (Å²) < 4.78 is 37.2. The summed E-state index contributed by atoms with van der Waals surface area (Å²) in [4.78, 5) is 14.1. The molecule has 0 saturated heterocycles. The molecule has 3 nitrogen and oxygen atoms in total. The molecule has 0 saturated carbocycles. The molecule has 2 rings (SSSR count). The van der Waals surface area contributed by atoms with Crippen molar-refractivity contribution in [3.8, 4) is 0 Å². The number of alkyl halides is 3. The molecule has 1 heterocycles. The van der Waals surface area contributed by atoms with E-state index in [0.29, 0.717) is 12.0 Å². The monoisotopic (exact) mass is 552 g/mol. The van der Waals surface area contributed by atoms with Gasteiger partial charge in [-0.1, -0.05) is 76.7 Å². The van der Waals surface area contributed by atoms with Crippen molar-refractivity contribution in [3.05, 3.63) is 57.7 Å². The fraction of sp³-hybridized carbons (Fsp3) is 0.667. The molecule has 0 fully saturated rings. The summed E-state index contributed by atoms with van der Waals surface area (Å²) in [5, 5.41) is 3.33. The van der Waals surface area contributed by atoms with Gasteiger partial charge in [0.15, 0.2) is 5.78 Å². The van der Waals surface area contributed by atoms with Gasteiger partial charge in [0.25, 0.3) is 0 Å². The van der Waals surface area contributed by atoms with E-state index in [9.17, 15) is 18.0 Å². The molecule has 0 spiro atoms. The first-order valence-corrected chi connectivity index (χ1v) is 14.9. The Morgan fingerprint density at radius 1 is 0.974 bits per heavy atom. The number of rotatable bonds is 12. The Balaban J connectivity index is 0.000000578. The predicted octanol–water partition coefficient (Wildman–Crippen LogP) is 9.10. The van der Waals surface area contributed by atoms with E-state index in [-0.39, 0.29) is 5.78 Å². The average Bonchev–Trinajstić information content (AvgIpc) is 2.86. The first-order valence-electron chi connectivity index (χ1n) is 14.9. The molecule has 0 atom stereocenters. The second-order valence-electron chi connectivity index (χ2n) is 10.6. The van der Waals surface area contributed by atoms with Crippen LogP contribution in [-0.4, -0.2) is 43.9 Å². The van der Waals surface area contributed by atoms with Crippen LogP contribution in [0.3, 0.4) is 0 Å². The lowest BCUT2D eigenvalue weighted by atomic mass is 9.92. The Labute approximate surface area is 237 Å². The molecule has 0 radical (unpaired) electrons. The van der Waals surface area contributed by atoms with Crippen LogP contribution >= 0.6 is 0 Å². The third-order valence-corrected chi connectivity index (χ3v) is 6.57. The molecule has 0 aromatic heterocycles. The maximum absolute atomic E-state index is 12.4. The highest BCUT2D eigenvalue weighted by Gasteiger charge is 2.30. The van der Waals surface area contributed by atoms with Gasteiger partial charge in [0.2, 0.25) is 0 Å². The first-order chi connectivity index (χ1) is 18.4. The van der Waals surface area contributed by atoms with Crippen molar-refractivity contribution in [2.24, 2.45) is 0 Å². The summed E-state index contributed by atoms with van der Waals surface area (Å²) in [7, 11) is 2.19. The summed E-state index contributed by atoms with van der Waals surface area (Å²) in [6.07, 6.45) is 7.77. The number of nitrogens with zero attached hydrogens (tertiary/aromatic N) is 1. The number of nitrogens with one attached hydrogen (secondary N) is 1. The maximum Gasteiger partial charge on any atom is 0.416 e. The van der Waals surface area contributed by atoms with Gasteiger partial charge in [0.05, 0.1) is 5.56 Å². The van der Waals surface area contributed by atoms with Crippen LogP contribution in [0.1, 0.15) is 110 Å². The zero-order valence-corrected chi connectivity index (χ0v) is 26.0. The molecule has 39 heavy (non-hydrogen) atoms. The molecule has 0 aliphatic carbocycles. The fourth-order valence-electron chi connectivity index (χ4n) is 4.48. The Kier molecular flexibility index (Phi) is 19.9. The minimum atomic E-state index is -4.23. The molecule has 1 aliphatic rings. The predicted molar refractivity (Wildman–Crippen MR) is 161 cm³/mol. The maximum atomic E-state index is 12.4. The molecular formula is C33H55F3N2O. The van der Waals surface area contributed by atoms with Crippen LogP contribution in [0.5, 0.6) is 0 Å². The van der Waals surface area contributed by atoms with Gasteiger partial charge in [-0.05, 0) is 103 Å². The van der Waals surface area contributed by atoms with Crippen molar-refractivity contribution < 1.29 is 18.0 Å². The van der Waals surface area contributed by atoms with E-state index in [1.54, 1.807) is 19.9 Å². The smallest absolute Gasteiger partial charge is 0.313 e. The average molecular weight is 553 g/mol. The number of Topliss-reactive ketones (excluding diaryl/α,β-unsaturated/α-hetero) is 1. The van der Waals surface area contributed by atoms with Crippen molar-refractivity contribution in [1.82, 2.24) is 10.2 Å². The summed E-state index contributed by atoms with van der Waals surface area (Å²) in [5.41, 5.74) is 4.46. The van der Waals surface area contributed by atoms with Gasteiger partial charge in [-0.15, -0.1) is 0 Å². The molecule has 1 aromatic carbocycles. The molecule has 0 unspecified atom stereocenters. The lowest BCUT2D eigenvalue weighted by Crippen LogP contribution is -2.25. The number of ketones is 1. The van der Waals surface area contributed by atoms with Gasteiger partial charge in [0, 0.05) is 12.1 Å². The van der Waals surface area contributed by atoms with Crippen molar-refractivity contribution >= 4 is 5.78 Å². The number of unbranched alkanes of at least 4 members (excludes halogenated alkanes) is 3. The Morgan fingerprint density at radius 3 is 2.15 bits per heavy atom. The number of carbonyl (C=O) groups excluding carboxylic acids is 1. The van der Waals surface area contributed by atoms with Crippen LogP contribution in [-0.2, 0) is 17.4 Å². The highest BCUT2D eigenvalue weighted by Crippen LogP contribution is 2.30. The third kappa shape index (κ3) is 16.7. The van der Waals surface area contributed by atoms with E-state index in [2.05, 4.69) is 51.0 Å². The van der Waals surface area contributed by atoms with Crippen molar-refractivity contribution in [2.75, 3.05) is 33.2 Å². The molecular weight excluding hydrogens is 497 g/mol. The second-order valence-corrected chi connectivity index (χ2v) is 10.6. The number of hydrogen-bond acceptors (Lipinski definition) is 3. The van der Waals surface area contributed by atoms with Crippen LogP contribution in [0.25, 0.3) is 0 Å². The SMILES string of the molecule is CCCC/C=C(/C(C)=O)C1=C(C)CNCC1.CCCCN(C)CCC.CCCc1cc(C)cc(C(F)(F)F)c1. The number of allylic oxidation sites excluding steroid dienone is 2. The van der Waals surface area contributed by atoms with Crippen molar-refractivity contribution in [3.63, 3.8) is 0 Å². The lowest BCUT2D eigenvalue weighted by Gasteiger charge is -2.20. The number of hydrogen-bond donors (Lipinski definition) is 1. The normalized spacial score (nSPS) is 14.0. The van der Waals surface area contributed by atoms with Crippen LogP contribution in [0.15, 0.2) is 41.0 Å². The first kappa shape index (κ1) is 37.1. The largest absolute Gasteiger partial charge is 0.416 e. The highest BCUT2D eigenvalue weighted by molar-refractivity contribution is 5.97. The van der Waals surface area contributed by atoms with Crippen molar-refractivity contribution in [1.29, 1.82) is 0 Å². The van der Waals surface area contributed by atoms with Gasteiger partial charge in [-0.2, -0.15) is 13.2 Å². The zero-order valence-electron chi connectivity index (χ0n) is 26.0. The Morgan fingerprint density at radius 2 is 1.64 bits per heavy atom. The van der Waals surface area contributed by atoms with Gasteiger partial charge >= 0.3 is 6.18 Å². The summed E-state index contributed by atoms with van der Waals surface area (Å²) in [6, 6.07) is 4.22. The summed E-state index contributed by atoms with van der Waals surface area (Å²) in [6.45, 7) is 18.5. The van der Waals surface area contributed by atoms with Crippen molar-refractivity contribution in [2.45, 2.75) is 112 Å². The minimum Gasteiger partial charge on any atom is -0.313 e.